The Balaban J connectivity index is 1.45. The summed E-state index contributed by atoms with van der Waals surface area (Å²) in [5, 5.41) is 11.5. The number of hydrogen-bond acceptors (Lipinski definition) is 1. The SMILES string of the molecule is CC(C)CCCC(C)C1CCC2C3CCC4CC(O)(CC(C)(C)C)CCC4(C)C3CCC12C. The molecule has 0 bridgehead atoms. The monoisotopic (exact) mass is 458 g/mol. The van der Waals surface area contributed by atoms with Crippen LogP contribution in [0.4, 0.5) is 0 Å². The molecule has 0 aromatic carbocycles. The minimum Gasteiger partial charge on any atom is -0.390 e. The lowest BCUT2D eigenvalue weighted by atomic mass is 9.43. The summed E-state index contributed by atoms with van der Waals surface area (Å²) in [4.78, 5) is 0. The van der Waals surface area contributed by atoms with E-state index in [2.05, 4.69) is 55.4 Å². The summed E-state index contributed by atoms with van der Waals surface area (Å²) in [6.07, 6.45) is 17.4. The van der Waals surface area contributed by atoms with Gasteiger partial charge in [-0.3, -0.25) is 0 Å². The zero-order chi connectivity index (χ0) is 24.2. The predicted molar refractivity (Wildman–Crippen MR) is 142 cm³/mol. The Morgan fingerprint density at radius 2 is 1.52 bits per heavy atom. The Morgan fingerprint density at radius 1 is 0.818 bits per heavy atom. The molecule has 0 radical (unpaired) electrons. The highest BCUT2D eigenvalue weighted by Gasteiger charge is 2.61. The van der Waals surface area contributed by atoms with Crippen LogP contribution < -0.4 is 0 Å². The molecule has 0 aliphatic heterocycles. The highest BCUT2D eigenvalue weighted by atomic mass is 16.3. The van der Waals surface area contributed by atoms with Gasteiger partial charge in [0.05, 0.1) is 5.60 Å². The Labute approximate surface area is 207 Å². The first-order chi connectivity index (χ1) is 15.3. The van der Waals surface area contributed by atoms with Crippen LogP contribution in [0.2, 0.25) is 0 Å². The molecule has 0 amide bonds. The van der Waals surface area contributed by atoms with E-state index < -0.39 is 5.60 Å². The van der Waals surface area contributed by atoms with Crippen molar-refractivity contribution in [1.82, 2.24) is 0 Å². The molecule has 4 rings (SSSR count). The molecule has 0 saturated heterocycles. The van der Waals surface area contributed by atoms with Crippen molar-refractivity contribution in [3.05, 3.63) is 0 Å². The second-order valence-corrected chi connectivity index (χ2v) is 15.9. The fourth-order valence-electron chi connectivity index (χ4n) is 10.5. The van der Waals surface area contributed by atoms with Crippen LogP contribution in [0.1, 0.15) is 139 Å². The molecule has 4 aliphatic rings. The highest BCUT2D eigenvalue weighted by Crippen LogP contribution is 2.69. The van der Waals surface area contributed by atoms with Crippen LogP contribution >= 0.6 is 0 Å². The van der Waals surface area contributed by atoms with Gasteiger partial charge in [0, 0.05) is 0 Å². The smallest absolute Gasteiger partial charge is 0.0655 e. The quantitative estimate of drug-likeness (QED) is 0.420. The second kappa shape index (κ2) is 9.12. The van der Waals surface area contributed by atoms with Gasteiger partial charge < -0.3 is 5.11 Å². The van der Waals surface area contributed by atoms with E-state index >= 15 is 0 Å². The average molecular weight is 459 g/mol. The van der Waals surface area contributed by atoms with Crippen LogP contribution in [0.15, 0.2) is 0 Å². The average Bonchev–Trinajstić information content (AvgIpc) is 3.04. The van der Waals surface area contributed by atoms with Crippen molar-refractivity contribution >= 4 is 0 Å². The molecule has 4 aliphatic carbocycles. The molecule has 1 heteroatoms. The molecular weight excluding hydrogens is 400 g/mol. The normalized spacial score (nSPS) is 46.5. The van der Waals surface area contributed by atoms with Gasteiger partial charge >= 0.3 is 0 Å². The lowest BCUT2D eigenvalue weighted by molar-refractivity contribution is -0.158. The summed E-state index contributed by atoms with van der Waals surface area (Å²) < 4.78 is 0. The largest absolute Gasteiger partial charge is 0.390 e. The predicted octanol–water partition coefficient (Wildman–Crippen LogP) is 9.28. The minimum atomic E-state index is -0.414. The maximum Gasteiger partial charge on any atom is 0.0655 e. The summed E-state index contributed by atoms with van der Waals surface area (Å²) in [5.74, 6) is 6.33. The van der Waals surface area contributed by atoms with Crippen molar-refractivity contribution in [3.63, 3.8) is 0 Å². The van der Waals surface area contributed by atoms with E-state index in [4.69, 9.17) is 0 Å². The third kappa shape index (κ3) is 4.97. The molecule has 1 nitrogen and oxygen atoms in total. The first kappa shape index (κ1) is 26.0. The molecule has 1 N–H and O–H groups in total. The third-order valence-electron chi connectivity index (χ3n) is 11.9. The molecule has 4 saturated carbocycles. The van der Waals surface area contributed by atoms with Gasteiger partial charge in [-0.1, -0.05) is 74.7 Å². The summed E-state index contributed by atoms with van der Waals surface area (Å²) in [7, 11) is 0. The Morgan fingerprint density at radius 3 is 2.18 bits per heavy atom. The van der Waals surface area contributed by atoms with Crippen molar-refractivity contribution in [2.75, 3.05) is 0 Å². The van der Waals surface area contributed by atoms with E-state index in [1.54, 1.807) is 0 Å². The second-order valence-electron chi connectivity index (χ2n) is 15.9. The highest BCUT2D eigenvalue weighted by molar-refractivity contribution is 5.11. The topological polar surface area (TPSA) is 20.2 Å². The fourth-order valence-corrected chi connectivity index (χ4v) is 10.5. The summed E-state index contributed by atoms with van der Waals surface area (Å²) in [6.45, 7) is 19.7. The molecule has 0 aromatic rings. The molecule has 0 heterocycles. The Hall–Kier alpha value is -0.0400. The van der Waals surface area contributed by atoms with E-state index in [1.807, 2.05) is 0 Å². The van der Waals surface area contributed by atoms with Crippen LogP contribution in [-0.4, -0.2) is 10.7 Å². The molecule has 33 heavy (non-hydrogen) atoms. The molecule has 0 aromatic heterocycles. The minimum absolute atomic E-state index is 0.219. The van der Waals surface area contributed by atoms with Gasteiger partial charge in [-0.25, -0.2) is 0 Å². The summed E-state index contributed by atoms with van der Waals surface area (Å²) in [5.41, 5.74) is 0.887. The Kier molecular flexibility index (Phi) is 7.19. The fraction of sp³-hybridized carbons (Fsp3) is 1.00. The van der Waals surface area contributed by atoms with Crippen LogP contribution in [0, 0.1) is 57.7 Å². The first-order valence-corrected chi connectivity index (χ1v) is 15.0. The standard InChI is InChI=1S/C32H58O/c1-22(2)10-9-11-23(3)26-14-15-27-25-13-12-24-20-32(33,21-29(4,5)6)19-18-30(24,7)28(25)16-17-31(26,27)8/h22-28,33H,9-21H2,1-8H3. The van der Waals surface area contributed by atoms with E-state index in [1.165, 1.54) is 64.2 Å². The van der Waals surface area contributed by atoms with Crippen LogP contribution in [0.25, 0.3) is 0 Å². The van der Waals surface area contributed by atoms with Gasteiger partial charge in [-0.2, -0.15) is 0 Å². The van der Waals surface area contributed by atoms with Gasteiger partial charge in [0.1, 0.15) is 0 Å². The summed E-state index contributed by atoms with van der Waals surface area (Å²) >= 11 is 0. The number of hydrogen-bond donors (Lipinski definition) is 1. The number of aliphatic hydroxyl groups is 1. The van der Waals surface area contributed by atoms with E-state index in [0.717, 1.165) is 60.7 Å². The van der Waals surface area contributed by atoms with Crippen molar-refractivity contribution in [1.29, 1.82) is 0 Å². The van der Waals surface area contributed by atoms with Crippen molar-refractivity contribution in [3.8, 4) is 0 Å². The first-order valence-electron chi connectivity index (χ1n) is 15.0. The molecule has 0 spiro atoms. The lowest BCUT2D eigenvalue weighted by Crippen LogP contribution is -2.56. The van der Waals surface area contributed by atoms with Gasteiger partial charge in [-0.05, 0) is 122 Å². The van der Waals surface area contributed by atoms with Crippen LogP contribution in [0.3, 0.4) is 0 Å². The van der Waals surface area contributed by atoms with Gasteiger partial charge in [0.25, 0.3) is 0 Å². The van der Waals surface area contributed by atoms with Crippen LogP contribution in [0.5, 0.6) is 0 Å². The van der Waals surface area contributed by atoms with Crippen molar-refractivity contribution < 1.29 is 5.11 Å². The van der Waals surface area contributed by atoms with Crippen molar-refractivity contribution in [2.45, 2.75) is 144 Å². The van der Waals surface area contributed by atoms with Gasteiger partial charge in [-0.15, -0.1) is 0 Å². The molecular formula is C32H58O. The van der Waals surface area contributed by atoms with Gasteiger partial charge in [0.2, 0.25) is 0 Å². The number of fused-ring (bicyclic) bond motifs is 5. The molecule has 9 unspecified atom stereocenters. The molecule has 192 valence electrons. The molecule has 4 fully saturated rings. The van der Waals surface area contributed by atoms with E-state index in [-0.39, 0.29) is 5.41 Å². The zero-order valence-electron chi connectivity index (χ0n) is 23.7. The lowest BCUT2D eigenvalue weighted by Gasteiger charge is -2.62. The Bertz CT molecular complexity index is 674. The van der Waals surface area contributed by atoms with E-state index in [9.17, 15) is 5.11 Å². The molecule has 9 atom stereocenters. The number of rotatable bonds is 6. The third-order valence-corrected chi connectivity index (χ3v) is 11.9. The van der Waals surface area contributed by atoms with Gasteiger partial charge in [0.15, 0.2) is 0 Å². The zero-order valence-corrected chi connectivity index (χ0v) is 23.7. The van der Waals surface area contributed by atoms with Crippen LogP contribution in [-0.2, 0) is 0 Å². The van der Waals surface area contributed by atoms with E-state index in [0.29, 0.717) is 10.8 Å². The maximum absolute atomic E-state index is 11.5. The summed E-state index contributed by atoms with van der Waals surface area (Å²) in [6, 6.07) is 0. The van der Waals surface area contributed by atoms with Crippen molar-refractivity contribution in [2.24, 2.45) is 57.7 Å². The maximum atomic E-state index is 11.5.